The van der Waals surface area contributed by atoms with Gasteiger partial charge in [0.25, 0.3) is 6.43 Å². The van der Waals surface area contributed by atoms with E-state index in [1.807, 2.05) is 6.07 Å². The van der Waals surface area contributed by atoms with E-state index < -0.39 is 13.0 Å². The average molecular weight is 198 g/mol. The van der Waals surface area contributed by atoms with Gasteiger partial charge >= 0.3 is 0 Å². The van der Waals surface area contributed by atoms with Gasteiger partial charge in [0.05, 0.1) is 18.3 Å². The van der Waals surface area contributed by atoms with Gasteiger partial charge in [0.2, 0.25) is 0 Å². The van der Waals surface area contributed by atoms with Gasteiger partial charge in [-0.15, -0.1) is 5.10 Å². The normalized spacial score (nSPS) is 9.93. The summed E-state index contributed by atoms with van der Waals surface area (Å²) in [7, 11) is 1.44. The fraction of sp³-hybridized carbons (Fsp3) is 0.375. The first-order valence-electron chi connectivity index (χ1n) is 3.86. The number of nitrogens with zero attached hydrogens (tertiary/aromatic N) is 4. The summed E-state index contributed by atoms with van der Waals surface area (Å²) in [6.07, 6.45) is -1.12. The van der Waals surface area contributed by atoms with Gasteiger partial charge in [0.15, 0.2) is 5.82 Å². The third-order valence-electron chi connectivity index (χ3n) is 1.60. The largest absolute Gasteiger partial charge is 0.351 e. The third kappa shape index (κ3) is 2.36. The van der Waals surface area contributed by atoms with Gasteiger partial charge in [-0.1, -0.05) is 0 Å². The lowest BCUT2D eigenvalue weighted by atomic mass is 10.3. The highest BCUT2D eigenvalue weighted by Gasteiger charge is 2.13. The fourth-order valence-electron chi connectivity index (χ4n) is 0.987. The highest BCUT2D eigenvalue weighted by atomic mass is 19.3. The van der Waals surface area contributed by atoms with Gasteiger partial charge in [0, 0.05) is 7.05 Å². The molecule has 6 heteroatoms. The number of nitriles is 1. The highest BCUT2D eigenvalue weighted by molar-refractivity contribution is 5.51. The van der Waals surface area contributed by atoms with Gasteiger partial charge in [-0.2, -0.15) is 10.4 Å². The molecule has 0 unspecified atom stereocenters. The lowest BCUT2D eigenvalue weighted by molar-refractivity contribution is 0.156. The molecule has 0 aromatic carbocycles. The zero-order valence-electron chi connectivity index (χ0n) is 7.48. The summed E-state index contributed by atoms with van der Waals surface area (Å²) in [6, 6.07) is 3.30. The molecule has 0 spiro atoms. The summed E-state index contributed by atoms with van der Waals surface area (Å²) >= 11 is 0. The molecule has 0 saturated carbocycles. The van der Waals surface area contributed by atoms with Gasteiger partial charge in [0.1, 0.15) is 6.07 Å². The van der Waals surface area contributed by atoms with Crippen LogP contribution in [0.1, 0.15) is 5.56 Å². The maximum Gasteiger partial charge on any atom is 0.255 e. The predicted molar refractivity (Wildman–Crippen MR) is 46.0 cm³/mol. The molecule has 0 fully saturated rings. The Balaban J connectivity index is 2.89. The summed E-state index contributed by atoms with van der Waals surface area (Å²) in [6.45, 7) is -0.465. The fourth-order valence-corrected chi connectivity index (χ4v) is 0.987. The van der Waals surface area contributed by atoms with Crippen LogP contribution in [0, 0.1) is 11.3 Å². The smallest absolute Gasteiger partial charge is 0.255 e. The van der Waals surface area contributed by atoms with Gasteiger partial charge in [-0.05, 0) is 6.07 Å². The van der Waals surface area contributed by atoms with Gasteiger partial charge in [-0.25, -0.2) is 8.78 Å². The number of hydrogen-bond acceptors (Lipinski definition) is 4. The Kier molecular flexibility index (Phi) is 3.29. The number of alkyl halides is 2. The first-order valence-corrected chi connectivity index (χ1v) is 3.86. The Labute approximate surface area is 79.8 Å². The van der Waals surface area contributed by atoms with E-state index in [0.29, 0.717) is 0 Å². The second kappa shape index (κ2) is 4.46. The Morgan fingerprint density at radius 3 is 2.93 bits per heavy atom. The van der Waals surface area contributed by atoms with Crippen molar-refractivity contribution >= 4 is 5.82 Å². The molecule has 0 radical (unpaired) electrons. The molecule has 14 heavy (non-hydrogen) atoms. The van der Waals surface area contributed by atoms with E-state index in [-0.39, 0.29) is 11.4 Å². The van der Waals surface area contributed by atoms with Crippen LogP contribution in [-0.4, -0.2) is 30.2 Å². The molecule has 0 amide bonds. The zero-order chi connectivity index (χ0) is 10.6. The van der Waals surface area contributed by atoms with E-state index in [0.717, 1.165) is 0 Å². The molecule has 0 aliphatic rings. The molecule has 0 atom stereocenters. The van der Waals surface area contributed by atoms with Crippen LogP contribution in [0.15, 0.2) is 12.3 Å². The quantitative estimate of drug-likeness (QED) is 0.728. The molecular weight excluding hydrogens is 190 g/mol. The van der Waals surface area contributed by atoms with Crippen LogP contribution >= 0.6 is 0 Å². The maximum absolute atomic E-state index is 12.0. The Hall–Kier alpha value is -1.77. The molecule has 1 aromatic rings. The molecule has 1 rings (SSSR count). The summed E-state index contributed by atoms with van der Waals surface area (Å²) in [5, 5.41) is 15.8. The van der Waals surface area contributed by atoms with Crippen molar-refractivity contribution in [3.8, 4) is 6.07 Å². The van der Waals surface area contributed by atoms with Crippen molar-refractivity contribution in [2.45, 2.75) is 6.43 Å². The lowest BCUT2D eigenvalue weighted by Crippen LogP contribution is -2.26. The van der Waals surface area contributed by atoms with E-state index in [2.05, 4.69) is 10.2 Å². The standard InChI is InChI=1S/C8H8F2N4/c1-14(5-7(9)10)8-6(4-11)2-3-12-13-8/h2-3,7H,5H2,1H3. The van der Waals surface area contributed by atoms with Crippen LogP contribution in [-0.2, 0) is 0 Å². The molecule has 0 aliphatic heterocycles. The van der Waals surface area contributed by atoms with Crippen molar-refractivity contribution in [2.75, 3.05) is 18.5 Å². The van der Waals surface area contributed by atoms with Crippen molar-refractivity contribution < 1.29 is 8.78 Å². The molecule has 0 N–H and O–H groups in total. The number of rotatable bonds is 3. The first kappa shape index (κ1) is 10.3. The third-order valence-corrected chi connectivity index (χ3v) is 1.60. The molecule has 74 valence electrons. The molecule has 4 nitrogen and oxygen atoms in total. The SMILES string of the molecule is CN(CC(F)F)c1nnccc1C#N. The summed E-state index contributed by atoms with van der Waals surface area (Å²) in [5.74, 6) is 0.176. The number of anilines is 1. The molecule has 0 saturated heterocycles. The molecular formula is C8H8F2N4. The highest BCUT2D eigenvalue weighted by Crippen LogP contribution is 2.14. The molecule has 0 aliphatic carbocycles. The summed E-state index contributed by atoms with van der Waals surface area (Å²) < 4.78 is 24.1. The van der Waals surface area contributed by atoms with Crippen LogP contribution in [0.5, 0.6) is 0 Å². The van der Waals surface area contributed by atoms with Gasteiger partial charge in [-0.3, -0.25) is 0 Å². The number of hydrogen-bond donors (Lipinski definition) is 0. The van der Waals surface area contributed by atoms with E-state index in [1.54, 1.807) is 0 Å². The Morgan fingerprint density at radius 2 is 2.36 bits per heavy atom. The van der Waals surface area contributed by atoms with E-state index >= 15 is 0 Å². The second-order valence-corrected chi connectivity index (χ2v) is 2.65. The topological polar surface area (TPSA) is 52.8 Å². The van der Waals surface area contributed by atoms with Crippen molar-refractivity contribution in [1.29, 1.82) is 5.26 Å². The summed E-state index contributed by atoms with van der Waals surface area (Å²) in [5.41, 5.74) is 0.239. The van der Waals surface area contributed by atoms with Crippen LogP contribution in [0.2, 0.25) is 0 Å². The lowest BCUT2D eigenvalue weighted by Gasteiger charge is -2.17. The van der Waals surface area contributed by atoms with Crippen molar-refractivity contribution in [3.05, 3.63) is 17.8 Å². The Bertz CT molecular complexity index is 347. The number of aromatic nitrogens is 2. The Morgan fingerprint density at radius 1 is 1.64 bits per heavy atom. The van der Waals surface area contributed by atoms with Crippen LogP contribution < -0.4 is 4.90 Å². The van der Waals surface area contributed by atoms with Crippen LogP contribution in [0.3, 0.4) is 0 Å². The van der Waals surface area contributed by atoms with E-state index in [9.17, 15) is 8.78 Å². The number of halogens is 2. The van der Waals surface area contributed by atoms with Crippen molar-refractivity contribution in [1.82, 2.24) is 10.2 Å². The van der Waals surface area contributed by atoms with E-state index in [4.69, 9.17) is 5.26 Å². The minimum atomic E-state index is -2.46. The average Bonchev–Trinajstić information content (AvgIpc) is 2.16. The minimum Gasteiger partial charge on any atom is -0.351 e. The minimum absolute atomic E-state index is 0.176. The van der Waals surface area contributed by atoms with E-state index in [1.165, 1.54) is 24.2 Å². The first-order chi connectivity index (χ1) is 6.65. The molecule has 1 aromatic heterocycles. The maximum atomic E-state index is 12.0. The van der Waals surface area contributed by atoms with Crippen LogP contribution in [0.25, 0.3) is 0 Å². The van der Waals surface area contributed by atoms with Crippen molar-refractivity contribution in [2.24, 2.45) is 0 Å². The molecule has 0 bridgehead atoms. The second-order valence-electron chi connectivity index (χ2n) is 2.65. The predicted octanol–water partition coefficient (Wildman–Crippen LogP) is 1.05. The molecule has 1 heterocycles. The van der Waals surface area contributed by atoms with Crippen LogP contribution in [0.4, 0.5) is 14.6 Å². The van der Waals surface area contributed by atoms with Crippen molar-refractivity contribution in [3.63, 3.8) is 0 Å². The monoisotopic (exact) mass is 198 g/mol. The zero-order valence-corrected chi connectivity index (χ0v) is 7.48. The summed E-state index contributed by atoms with van der Waals surface area (Å²) in [4.78, 5) is 1.20. The van der Waals surface area contributed by atoms with Gasteiger partial charge < -0.3 is 4.90 Å².